The molecule has 0 amide bonds. The molecule has 3 rings (SSSR count). The SMILES string of the molecule is Cn1c(C#N)ccc1C1=[N+]([O-])c2c(F)cccc2C1(C)C. The summed E-state index contributed by atoms with van der Waals surface area (Å²) in [6, 6.07) is 10.1. The lowest BCUT2D eigenvalue weighted by Gasteiger charge is -2.18. The summed E-state index contributed by atoms with van der Waals surface area (Å²) >= 11 is 0. The molecule has 1 aliphatic rings. The highest BCUT2D eigenvalue weighted by molar-refractivity contribution is 6.06. The molecule has 1 aromatic heterocycles. The third-order valence-corrected chi connectivity index (χ3v) is 4.14. The van der Waals surface area contributed by atoms with Crippen molar-refractivity contribution in [2.45, 2.75) is 19.3 Å². The monoisotopic (exact) mass is 283 g/mol. The Morgan fingerprint density at radius 3 is 2.57 bits per heavy atom. The van der Waals surface area contributed by atoms with Gasteiger partial charge in [-0.2, -0.15) is 14.4 Å². The van der Waals surface area contributed by atoms with Gasteiger partial charge in [0.25, 0.3) is 5.69 Å². The van der Waals surface area contributed by atoms with E-state index in [0.717, 1.165) is 0 Å². The molecule has 0 N–H and O–H groups in total. The zero-order chi connectivity index (χ0) is 15.4. The molecule has 0 saturated heterocycles. The van der Waals surface area contributed by atoms with Gasteiger partial charge in [-0.15, -0.1) is 0 Å². The summed E-state index contributed by atoms with van der Waals surface area (Å²) in [7, 11) is 1.73. The third kappa shape index (κ3) is 1.62. The van der Waals surface area contributed by atoms with E-state index < -0.39 is 11.2 Å². The molecule has 2 heterocycles. The Morgan fingerprint density at radius 1 is 1.29 bits per heavy atom. The fraction of sp³-hybridized carbons (Fsp3) is 0.250. The lowest BCUT2D eigenvalue weighted by molar-refractivity contribution is -0.360. The predicted molar refractivity (Wildman–Crippen MR) is 77.0 cm³/mol. The van der Waals surface area contributed by atoms with Crippen molar-refractivity contribution >= 4 is 11.4 Å². The minimum absolute atomic E-state index is 0.0669. The zero-order valence-electron chi connectivity index (χ0n) is 12.0. The fourth-order valence-electron chi connectivity index (χ4n) is 3.00. The molecule has 21 heavy (non-hydrogen) atoms. The Bertz CT molecular complexity index is 825. The van der Waals surface area contributed by atoms with Gasteiger partial charge in [0, 0.05) is 12.6 Å². The average Bonchev–Trinajstić information content (AvgIpc) is 2.88. The van der Waals surface area contributed by atoms with Gasteiger partial charge in [0.05, 0.1) is 5.41 Å². The maximum Gasteiger partial charge on any atom is 0.257 e. The van der Waals surface area contributed by atoms with Gasteiger partial charge in [0.2, 0.25) is 5.71 Å². The number of fused-ring (bicyclic) bond motifs is 1. The normalized spacial score (nSPS) is 16.0. The van der Waals surface area contributed by atoms with Crippen molar-refractivity contribution in [2.24, 2.45) is 7.05 Å². The number of rotatable bonds is 1. The number of halogens is 1. The molecule has 0 spiro atoms. The van der Waals surface area contributed by atoms with E-state index in [9.17, 15) is 9.60 Å². The number of aromatic nitrogens is 1. The summed E-state index contributed by atoms with van der Waals surface area (Å²) in [4.78, 5) is 0. The molecule has 0 saturated carbocycles. The van der Waals surface area contributed by atoms with Crippen LogP contribution in [0.2, 0.25) is 0 Å². The second kappa shape index (κ2) is 4.19. The van der Waals surface area contributed by atoms with Crippen LogP contribution in [0.5, 0.6) is 0 Å². The van der Waals surface area contributed by atoms with Crippen molar-refractivity contribution < 1.29 is 9.13 Å². The molecule has 1 aromatic carbocycles. The summed E-state index contributed by atoms with van der Waals surface area (Å²) in [6.45, 7) is 3.77. The second-order valence-electron chi connectivity index (χ2n) is 5.68. The van der Waals surface area contributed by atoms with Crippen molar-refractivity contribution in [2.75, 3.05) is 0 Å². The van der Waals surface area contributed by atoms with E-state index in [1.54, 1.807) is 35.9 Å². The van der Waals surface area contributed by atoms with Crippen LogP contribution in [0.25, 0.3) is 0 Å². The highest BCUT2D eigenvalue weighted by atomic mass is 19.1. The van der Waals surface area contributed by atoms with E-state index >= 15 is 0 Å². The number of hydrogen-bond acceptors (Lipinski definition) is 2. The maximum absolute atomic E-state index is 14.0. The highest BCUT2D eigenvalue weighted by Gasteiger charge is 2.47. The van der Waals surface area contributed by atoms with Crippen molar-refractivity contribution in [3.63, 3.8) is 0 Å². The van der Waals surface area contributed by atoms with Crippen LogP contribution in [-0.2, 0) is 12.5 Å². The van der Waals surface area contributed by atoms with Crippen LogP contribution in [-0.4, -0.2) is 15.0 Å². The van der Waals surface area contributed by atoms with Crippen LogP contribution in [0.4, 0.5) is 10.1 Å². The van der Waals surface area contributed by atoms with Gasteiger partial charge in [-0.1, -0.05) is 12.1 Å². The van der Waals surface area contributed by atoms with Crippen LogP contribution < -0.4 is 0 Å². The van der Waals surface area contributed by atoms with E-state index in [4.69, 9.17) is 5.26 Å². The maximum atomic E-state index is 14.0. The van der Waals surface area contributed by atoms with E-state index in [0.29, 0.717) is 27.4 Å². The Balaban J connectivity index is 2.32. The molecule has 4 nitrogen and oxygen atoms in total. The summed E-state index contributed by atoms with van der Waals surface area (Å²) < 4.78 is 16.3. The van der Waals surface area contributed by atoms with Gasteiger partial charge < -0.3 is 9.77 Å². The summed E-state index contributed by atoms with van der Waals surface area (Å²) in [6.07, 6.45) is 0. The number of nitrogens with zero attached hydrogens (tertiary/aromatic N) is 3. The second-order valence-corrected chi connectivity index (χ2v) is 5.68. The first-order chi connectivity index (χ1) is 9.89. The molecule has 0 fully saturated rings. The van der Waals surface area contributed by atoms with Crippen molar-refractivity contribution in [1.82, 2.24) is 4.57 Å². The minimum Gasteiger partial charge on any atom is -0.618 e. The quantitative estimate of drug-likeness (QED) is 0.597. The lowest BCUT2D eigenvalue weighted by atomic mass is 9.80. The molecule has 0 bridgehead atoms. The van der Waals surface area contributed by atoms with Gasteiger partial charge >= 0.3 is 0 Å². The van der Waals surface area contributed by atoms with Crippen LogP contribution in [0, 0.1) is 22.4 Å². The van der Waals surface area contributed by atoms with E-state index in [2.05, 4.69) is 6.07 Å². The van der Waals surface area contributed by atoms with E-state index in [1.807, 2.05) is 13.8 Å². The van der Waals surface area contributed by atoms with Crippen LogP contribution in [0.15, 0.2) is 30.3 Å². The molecule has 0 atom stereocenters. The zero-order valence-corrected chi connectivity index (χ0v) is 12.0. The molecule has 106 valence electrons. The Morgan fingerprint density at radius 2 is 2.00 bits per heavy atom. The number of hydrogen-bond donors (Lipinski definition) is 0. The van der Waals surface area contributed by atoms with Crippen molar-refractivity contribution in [1.29, 1.82) is 5.26 Å². The van der Waals surface area contributed by atoms with Gasteiger partial charge in [-0.25, -0.2) is 0 Å². The Labute approximate surface area is 122 Å². The van der Waals surface area contributed by atoms with Gasteiger partial charge in [0.1, 0.15) is 17.5 Å². The standard InChI is InChI=1S/C16H14FN3O/c1-16(2)11-5-4-6-12(17)14(11)20(21)15(16)13-8-7-10(9-18)19(13)3/h4-8H,1-3H3. The molecule has 0 radical (unpaired) electrons. The molecule has 1 aliphatic heterocycles. The van der Waals surface area contributed by atoms with Gasteiger partial charge in [0.15, 0.2) is 5.82 Å². The average molecular weight is 283 g/mol. The van der Waals surface area contributed by atoms with Crippen molar-refractivity contribution in [3.8, 4) is 6.07 Å². The molecular formula is C16H14FN3O. The van der Waals surface area contributed by atoms with Crippen LogP contribution >= 0.6 is 0 Å². The Hall–Kier alpha value is -2.61. The minimum atomic E-state index is -0.627. The largest absolute Gasteiger partial charge is 0.618 e. The third-order valence-electron chi connectivity index (χ3n) is 4.14. The van der Waals surface area contributed by atoms with E-state index in [1.165, 1.54) is 6.07 Å². The Kier molecular flexibility index (Phi) is 2.67. The molecule has 0 aliphatic carbocycles. The van der Waals surface area contributed by atoms with Crippen LogP contribution in [0.1, 0.15) is 30.8 Å². The fourth-order valence-corrected chi connectivity index (χ4v) is 3.00. The predicted octanol–water partition coefficient (Wildman–Crippen LogP) is 2.96. The number of para-hydroxylation sites is 1. The molecule has 5 heteroatoms. The highest BCUT2D eigenvalue weighted by Crippen LogP contribution is 2.42. The van der Waals surface area contributed by atoms with Crippen molar-refractivity contribution in [3.05, 3.63) is 58.3 Å². The summed E-state index contributed by atoms with van der Waals surface area (Å²) in [5, 5.41) is 21.7. The topological polar surface area (TPSA) is 54.8 Å². The summed E-state index contributed by atoms with van der Waals surface area (Å²) in [5.74, 6) is -0.528. The molecule has 0 unspecified atom stereocenters. The molecule has 2 aromatic rings. The summed E-state index contributed by atoms with van der Waals surface area (Å²) in [5.41, 5.74) is 1.63. The number of nitriles is 1. The van der Waals surface area contributed by atoms with Crippen LogP contribution in [0.3, 0.4) is 0 Å². The first kappa shape index (κ1) is 13.4. The smallest absolute Gasteiger partial charge is 0.257 e. The number of benzene rings is 1. The first-order valence-corrected chi connectivity index (χ1v) is 6.59. The van der Waals surface area contributed by atoms with E-state index in [-0.39, 0.29) is 5.69 Å². The first-order valence-electron chi connectivity index (χ1n) is 6.59. The van der Waals surface area contributed by atoms with Gasteiger partial charge in [-0.3, -0.25) is 0 Å². The van der Waals surface area contributed by atoms with Gasteiger partial charge in [-0.05, 0) is 32.0 Å². The molecular weight excluding hydrogens is 269 g/mol. The lowest BCUT2D eigenvalue weighted by Crippen LogP contribution is -2.31.